The van der Waals surface area contributed by atoms with Gasteiger partial charge in [0.1, 0.15) is 11.5 Å². The Kier molecular flexibility index (Phi) is 4.96. The van der Waals surface area contributed by atoms with Gasteiger partial charge in [0.15, 0.2) is 5.75 Å². The van der Waals surface area contributed by atoms with Crippen molar-refractivity contribution in [2.45, 2.75) is 26.3 Å². The predicted octanol–water partition coefficient (Wildman–Crippen LogP) is 2.97. The van der Waals surface area contributed by atoms with E-state index < -0.39 is 0 Å². The Labute approximate surface area is 124 Å². The van der Waals surface area contributed by atoms with E-state index in [0.29, 0.717) is 11.3 Å². The van der Waals surface area contributed by atoms with Crippen molar-refractivity contribution in [2.24, 2.45) is 7.05 Å². The van der Waals surface area contributed by atoms with Crippen LogP contribution in [0.15, 0.2) is 24.4 Å². The van der Waals surface area contributed by atoms with Crippen molar-refractivity contribution in [1.82, 2.24) is 15.1 Å². The van der Waals surface area contributed by atoms with Gasteiger partial charge in [-0.1, -0.05) is 19.1 Å². The quantitative estimate of drug-likeness (QED) is 0.889. The minimum atomic E-state index is -0.284. The first-order chi connectivity index (χ1) is 10.1. The number of hydrogen-bond acceptors (Lipinski definition) is 3. The van der Waals surface area contributed by atoms with Crippen LogP contribution in [0.4, 0.5) is 4.39 Å². The van der Waals surface area contributed by atoms with Gasteiger partial charge in [0.25, 0.3) is 0 Å². The molecule has 114 valence electrons. The Balaban J connectivity index is 2.49. The van der Waals surface area contributed by atoms with Crippen LogP contribution >= 0.6 is 0 Å². The highest BCUT2D eigenvalue weighted by molar-refractivity contribution is 5.38. The normalized spacial score (nSPS) is 12.4. The van der Waals surface area contributed by atoms with Gasteiger partial charge in [-0.2, -0.15) is 5.10 Å². The number of aryl methyl sites for hydroxylation is 2. The summed E-state index contributed by atoms with van der Waals surface area (Å²) in [4.78, 5) is 0. The molecule has 1 heterocycles. The number of halogens is 1. The van der Waals surface area contributed by atoms with E-state index in [1.54, 1.807) is 24.1 Å². The minimum Gasteiger partial charge on any atom is -0.493 e. The highest BCUT2D eigenvalue weighted by Crippen LogP contribution is 2.31. The maximum Gasteiger partial charge on any atom is 0.161 e. The van der Waals surface area contributed by atoms with E-state index >= 15 is 0 Å². The molecular formula is C16H22FN3O. The number of methoxy groups -OCH3 is 1. The molecule has 2 rings (SSSR count). The standard InChI is InChI=1S/C16H22FN3O/c1-5-8-18-15(12-7-6-11(2)9-13(12)17)16-14(21-4)10-19-20(16)3/h6-7,9-10,15,18H,5,8H2,1-4H3. The fraction of sp³-hybridized carbons (Fsp3) is 0.438. The van der Waals surface area contributed by atoms with E-state index in [1.165, 1.54) is 0 Å². The lowest BCUT2D eigenvalue weighted by Gasteiger charge is -2.21. The summed E-state index contributed by atoms with van der Waals surface area (Å²) in [6.45, 7) is 4.74. The van der Waals surface area contributed by atoms with Crippen LogP contribution in [-0.2, 0) is 7.05 Å². The first kappa shape index (κ1) is 15.5. The molecule has 5 heteroatoms. The third-order valence-corrected chi connectivity index (χ3v) is 3.51. The van der Waals surface area contributed by atoms with Crippen LogP contribution in [0.5, 0.6) is 5.75 Å². The van der Waals surface area contributed by atoms with Crippen LogP contribution in [0.3, 0.4) is 0 Å². The van der Waals surface area contributed by atoms with E-state index in [-0.39, 0.29) is 11.9 Å². The Hall–Kier alpha value is -1.88. The molecule has 2 aromatic rings. The van der Waals surface area contributed by atoms with Crippen LogP contribution in [0.1, 0.15) is 36.2 Å². The summed E-state index contributed by atoms with van der Waals surface area (Å²) in [5, 5.41) is 7.60. The van der Waals surface area contributed by atoms with Gasteiger partial charge < -0.3 is 10.1 Å². The molecule has 0 saturated heterocycles. The second-order valence-electron chi connectivity index (χ2n) is 5.13. The summed E-state index contributed by atoms with van der Waals surface area (Å²) >= 11 is 0. The zero-order chi connectivity index (χ0) is 15.4. The van der Waals surface area contributed by atoms with Crippen LogP contribution in [0.25, 0.3) is 0 Å². The molecule has 1 unspecified atom stereocenters. The molecule has 1 aromatic heterocycles. The molecule has 0 fully saturated rings. The van der Waals surface area contributed by atoms with Crippen molar-refractivity contribution in [3.05, 3.63) is 47.0 Å². The lowest BCUT2D eigenvalue weighted by atomic mass is 10.0. The van der Waals surface area contributed by atoms with E-state index in [4.69, 9.17) is 4.74 Å². The monoisotopic (exact) mass is 291 g/mol. The molecule has 1 aromatic carbocycles. The van der Waals surface area contributed by atoms with Crippen LogP contribution in [0, 0.1) is 12.7 Å². The first-order valence-electron chi connectivity index (χ1n) is 7.13. The second-order valence-corrected chi connectivity index (χ2v) is 5.13. The Bertz CT molecular complexity index is 610. The van der Waals surface area contributed by atoms with Gasteiger partial charge in [0.05, 0.1) is 19.3 Å². The molecule has 0 aliphatic heterocycles. The Morgan fingerprint density at radius 1 is 1.43 bits per heavy atom. The minimum absolute atomic E-state index is 0.216. The van der Waals surface area contributed by atoms with Crippen LogP contribution in [-0.4, -0.2) is 23.4 Å². The molecule has 4 nitrogen and oxygen atoms in total. The smallest absolute Gasteiger partial charge is 0.161 e. The highest BCUT2D eigenvalue weighted by Gasteiger charge is 2.24. The number of hydrogen-bond donors (Lipinski definition) is 1. The molecule has 0 bridgehead atoms. The SMILES string of the molecule is CCCNC(c1ccc(C)cc1F)c1c(OC)cnn1C. The molecule has 0 amide bonds. The maximum absolute atomic E-state index is 14.4. The Morgan fingerprint density at radius 2 is 2.19 bits per heavy atom. The molecular weight excluding hydrogens is 269 g/mol. The number of nitrogens with one attached hydrogen (secondary N) is 1. The molecule has 1 atom stereocenters. The molecule has 21 heavy (non-hydrogen) atoms. The highest BCUT2D eigenvalue weighted by atomic mass is 19.1. The van der Waals surface area contributed by atoms with Crippen LogP contribution < -0.4 is 10.1 Å². The zero-order valence-electron chi connectivity index (χ0n) is 13.0. The van der Waals surface area contributed by atoms with E-state index in [0.717, 1.165) is 24.2 Å². The molecule has 0 aliphatic carbocycles. The number of nitrogens with zero attached hydrogens (tertiary/aromatic N) is 2. The predicted molar refractivity (Wildman–Crippen MR) is 81.0 cm³/mol. The summed E-state index contributed by atoms with van der Waals surface area (Å²) in [7, 11) is 3.44. The zero-order valence-corrected chi connectivity index (χ0v) is 13.0. The molecule has 0 spiro atoms. The summed E-state index contributed by atoms with van der Waals surface area (Å²) < 4.78 is 21.5. The van der Waals surface area contributed by atoms with Crippen molar-refractivity contribution in [3.8, 4) is 5.75 Å². The third-order valence-electron chi connectivity index (χ3n) is 3.51. The maximum atomic E-state index is 14.4. The van der Waals surface area contributed by atoms with E-state index in [9.17, 15) is 4.39 Å². The molecule has 0 aliphatic rings. The molecule has 0 radical (unpaired) electrons. The van der Waals surface area contributed by atoms with Gasteiger partial charge in [-0.05, 0) is 31.5 Å². The Morgan fingerprint density at radius 3 is 2.81 bits per heavy atom. The fourth-order valence-electron chi connectivity index (χ4n) is 2.42. The number of ether oxygens (including phenoxy) is 1. The van der Waals surface area contributed by atoms with Crippen molar-refractivity contribution in [1.29, 1.82) is 0 Å². The number of aromatic nitrogens is 2. The fourth-order valence-corrected chi connectivity index (χ4v) is 2.42. The van der Waals surface area contributed by atoms with E-state index in [2.05, 4.69) is 17.3 Å². The van der Waals surface area contributed by atoms with Gasteiger partial charge in [0, 0.05) is 12.6 Å². The van der Waals surface area contributed by atoms with Gasteiger partial charge in [-0.15, -0.1) is 0 Å². The summed E-state index contributed by atoms with van der Waals surface area (Å²) in [6, 6.07) is 5.01. The first-order valence-corrected chi connectivity index (χ1v) is 7.13. The molecule has 0 saturated carbocycles. The molecule has 1 N–H and O–H groups in total. The summed E-state index contributed by atoms with van der Waals surface area (Å²) in [6.07, 6.45) is 2.62. The van der Waals surface area contributed by atoms with Crippen molar-refractivity contribution in [2.75, 3.05) is 13.7 Å². The average molecular weight is 291 g/mol. The van der Waals surface area contributed by atoms with Gasteiger partial charge in [0.2, 0.25) is 0 Å². The van der Waals surface area contributed by atoms with Crippen molar-refractivity contribution in [3.63, 3.8) is 0 Å². The number of benzene rings is 1. The van der Waals surface area contributed by atoms with Gasteiger partial charge in [-0.3, -0.25) is 4.68 Å². The lowest BCUT2D eigenvalue weighted by Crippen LogP contribution is -2.26. The van der Waals surface area contributed by atoms with Crippen LogP contribution in [0.2, 0.25) is 0 Å². The number of rotatable bonds is 6. The lowest BCUT2D eigenvalue weighted by molar-refractivity contribution is 0.399. The van der Waals surface area contributed by atoms with Crippen molar-refractivity contribution >= 4 is 0 Å². The van der Waals surface area contributed by atoms with Gasteiger partial charge in [-0.25, -0.2) is 4.39 Å². The second kappa shape index (κ2) is 6.72. The van der Waals surface area contributed by atoms with Gasteiger partial charge >= 0.3 is 0 Å². The third kappa shape index (κ3) is 3.24. The van der Waals surface area contributed by atoms with Crippen molar-refractivity contribution < 1.29 is 9.13 Å². The van der Waals surface area contributed by atoms with E-state index in [1.807, 2.05) is 26.1 Å². The summed E-state index contributed by atoms with van der Waals surface area (Å²) in [5.74, 6) is 0.443. The summed E-state index contributed by atoms with van der Waals surface area (Å²) in [5.41, 5.74) is 2.34. The largest absolute Gasteiger partial charge is 0.493 e. The topological polar surface area (TPSA) is 39.1 Å². The average Bonchev–Trinajstić information content (AvgIpc) is 2.82.